The SMILES string of the molecule is CN(C1=CC(C#N)=CCC1)S(C)(=O)=O. The standard InChI is InChI=1S/C9H12N2O2S/c1-11(14(2,12)13)9-5-3-4-8(6-9)7-10/h4,6H,3,5H2,1-2H3. The topological polar surface area (TPSA) is 61.2 Å². The molecule has 0 heterocycles. The summed E-state index contributed by atoms with van der Waals surface area (Å²) in [4.78, 5) is 0. The Morgan fingerprint density at radius 1 is 1.57 bits per heavy atom. The number of hydrogen-bond donors (Lipinski definition) is 0. The van der Waals surface area contributed by atoms with Crippen LogP contribution in [-0.4, -0.2) is 26.0 Å². The van der Waals surface area contributed by atoms with Gasteiger partial charge in [-0.05, 0) is 18.9 Å². The first-order valence-corrected chi connectivity index (χ1v) is 6.04. The van der Waals surface area contributed by atoms with Crippen LogP contribution in [0.5, 0.6) is 0 Å². The molecule has 0 saturated carbocycles. The number of nitriles is 1. The van der Waals surface area contributed by atoms with Crippen molar-refractivity contribution in [2.45, 2.75) is 12.8 Å². The molecule has 0 amide bonds. The Hall–Kier alpha value is -1.28. The van der Waals surface area contributed by atoms with Gasteiger partial charge in [0.2, 0.25) is 10.0 Å². The van der Waals surface area contributed by atoms with Crippen LogP contribution in [0.1, 0.15) is 12.8 Å². The maximum atomic E-state index is 11.2. The molecular weight excluding hydrogens is 200 g/mol. The number of rotatable bonds is 2. The molecule has 14 heavy (non-hydrogen) atoms. The summed E-state index contributed by atoms with van der Waals surface area (Å²) in [6.45, 7) is 0. The quantitative estimate of drug-likeness (QED) is 0.686. The van der Waals surface area contributed by atoms with Gasteiger partial charge in [-0.25, -0.2) is 8.42 Å². The van der Waals surface area contributed by atoms with Crippen molar-refractivity contribution >= 4 is 10.0 Å². The zero-order chi connectivity index (χ0) is 10.8. The lowest BCUT2D eigenvalue weighted by Crippen LogP contribution is -2.25. The molecule has 0 aliphatic heterocycles. The number of sulfonamides is 1. The third-order valence-electron chi connectivity index (χ3n) is 2.12. The average molecular weight is 212 g/mol. The zero-order valence-corrected chi connectivity index (χ0v) is 9.00. The zero-order valence-electron chi connectivity index (χ0n) is 8.19. The first kappa shape index (κ1) is 10.8. The molecule has 0 fully saturated rings. The van der Waals surface area contributed by atoms with Crippen molar-refractivity contribution in [1.82, 2.24) is 4.31 Å². The summed E-state index contributed by atoms with van der Waals surface area (Å²) in [7, 11) is -1.70. The highest BCUT2D eigenvalue weighted by Crippen LogP contribution is 2.20. The van der Waals surface area contributed by atoms with Gasteiger partial charge >= 0.3 is 0 Å². The molecule has 0 aromatic rings. The Kier molecular flexibility index (Phi) is 2.96. The number of nitrogens with zero attached hydrogens (tertiary/aromatic N) is 2. The highest BCUT2D eigenvalue weighted by atomic mass is 32.2. The fourth-order valence-electron chi connectivity index (χ4n) is 1.23. The molecule has 76 valence electrons. The fraction of sp³-hybridized carbons (Fsp3) is 0.444. The summed E-state index contributed by atoms with van der Waals surface area (Å²) in [6.07, 6.45) is 5.95. The lowest BCUT2D eigenvalue weighted by atomic mass is 10.1. The van der Waals surface area contributed by atoms with E-state index in [-0.39, 0.29) is 0 Å². The average Bonchev–Trinajstić information content (AvgIpc) is 2.15. The third kappa shape index (κ3) is 2.36. The van der Waals surface area contributed by atoms with Crippen LogP contribution < -0.4 is 0 Å². The van der Waals surface area contributed by atoms with E-state index in [0.717, 1.165) is 6.26 Å². The van der Waals surface area contributed by atoms with E-state index in [2.05, 4.69) is 0 Å². The van der Waals surface area contributed by atoms with E-state index in [4.69, 9.17) is 5.26 Å². The highest BCUT2D eigenvalue weighted by Gasteiger charge is 2.16. The largest absolute Gasteiger partial charge is 0.277 e. The molecule has 5 heteroatoms. The maximum Gasteiger partial charge on any atom is 0.231 e. The van der Waals surface area contributed by atoms with Gasteiger partial charge in [-0.3, -0.25) is 4.31 Å². The van der Waals surface area contributed by atoms with Crippen LogP contribution in [0, 0.1) is 11.3 Å². The molecule has 1 aliphatic rings. The van der Waals surface area contributed by atoms with Crippen LogP contribution in [0.3, 0.4) is 0 Å². The van der Waals surface area contributed by atoms with E-state index in [0.29, 0.717) is 24.1 Å². The minimum Gasteiger partial charge on any atom is -0.277 e. The second kappa shape index (κ2) is 3.84. The van der Waals surface area contributed by atoms with E-state index in [1.165, 1.54) is 11.4 Å². The minimum atomic E-state index is -3.21. The monoisotopic (exact) mass is 212 g/mol. The smallest absolute Gasteiger partial charge is 0.231 e. The predicted octanol–water partition coefficient (Wildman–Crippen LogP) is 1.01. The molecule has 1 aliphatic carbocycles. The van der Waals surface area contributed by atoms with Crippen LogP contribution in [0.4, 0.5) is 0 Å². The molecular formula is C9H12N2O2S. The summed E-state index contributed by atoms with van der Waals surface area (Å²) >= 11 is 0. The van der Waals surface area contributed by atoms with Gasteiger partial charge in [-0.2, -0.15) is 5.26 Å². The van der Waals surface area contributed by atoms with Gasteiger partial charge < -0.3 is 0 Å². The van der Waals surface area contributed by atoms with Gasteiger partial charge in [0.15, 0.2) is 0 Å². The van der Waals surface area contributed by atoms with Gasteiger partial charge in [0, 0.05) is 18.3 Å². The first-order valence-electron chi connectivity index (χ1n) is 4.20. The van der Waals surface area contributed by atoms with Crippen LogP contribution >= 0.6 is 0 Å². The molecule has 4 nitrogen and oxygen atoms in total. The summed E-state index contributed by atoms with van der Waals surface area (Å²) < 4.78 is 23.6. The van der Waals surface area contributed by atoms with Crippen molar-refractivity contribution in [3.8, 4) is 6.07 Å². The van der Waals surface area contributed by atoms with E-state index in [9.17, 15) is 8.42 Å². The molecule has 0 radical (unpaired) electrons. The summed E-state index contributed by atoms with van der Waals surface area (Å²) in [6, 6.07) is 2.00. The van der Waals surface area contributed by atoms with Crippen LogP contribution in [-0.2, 0) is 10.0 Å². The molecule has 0 atom stereocenters. The Labute approximate surface area is 84.2 Å². The highest BCUT2D eigenvalue weighted by molar-refractivity contribution is 7.88. The van der Waals surface area contributed by atoms with Gasteiger partial charge in [-0.15, -0.1) is 0 Å². The Balaban J connectivity index is 2.97. The van der Waals surface area contributed by atoms with Crippen molar-refractivity contribution in [3.63, 3.8) is 0 Å². The van der Waals surface area contributed by atoms with Crippen molar-refractivity contribution in [3.05, 3.63) is 23.4 Å². The molecule has 0 N–H and O–H groups in total. The summed E-state index contributed by atoms with van der Waals surface area (Å²) in [5.74, 6) is 0. The second-order valence-electron chi connectivity index (χ2n) is 3.18. The normalized spacial score (nSPS) is 16.6. The predicted molar refractivity (Wildman–Crippen MR) is 53.6 cm³/mol. The van der Waals surface area contributed by atoms with Crippen molar-refractivity contribution in [1.29, 1.82) is 5.26 Å². The van der Waals surface area contributed by atoms with Crippen LogP contribution in [0.15, 0.2) is 23.4 Å². The number of hydrogen-bond acceptors (Lipinski definition) is 3. The molecule has 1 rings (SSSR count). The van der Waals surface area contributed by atoms with Gasteiger partial charge in [-0.1, -0.05) is 6.08 Å². The van der Waals surface area contributed by atoms with Crippen LogP contribution in [0.25, 0.3) is 0 Å². The second-order valence-corrected chi connectivity index (χ2v) is 5.19. The molecule has 0 aromatic carbocycles. The first-order chi connectivity index (χ1) is 6.45. The van der Waals surface area contributed by atoms with E-state index < -0.39 is 10.0 Å². The third-order valence-corrected chi connectivity index (χ3v) is 3.35. The summed E-state index contributed by atoms with van der Waals surface area (Å²) in [5, 5.41) is 8.66. The lowest BCUT2D eigenvalue weighted by molar-refractivity contribution is 0.518. The molecule has 0 aromatic heterocycles. The van der Waals surface area contributed by atoms with E-state index in [1.807, 2.05) is 6.07 Å². The molecule has 0 spiro atoms. The van der Waals surface area contributed by atoms with Crippen molar-refractivity contribution in [2.24, 2.45) is 0 Å². The number of allylic oxidation sites excluding steroid dienone is 4. The van der Waals surface area contributed by atoms with Crippen molar-refractivity contribution in [2.75, 3.05) is 13.3 Å². The minimum absolute atomic E-state index is 0.529. The molecule has 0 unspecified atom stereocenters. The Bertz CT molecular complexity index is 426. The molecule has 0 saturated heterocycles. The lowest BCUT2D eigenvalue weighted by Gasteiger charge is -2.21. The van der Waals surface area contributed by atoms with E-state index >= 15 is 0 Å². The summed E-state index contributed by atoms with van der Waals surface area (Å²) in [5.41, 5.74) is 1.20. The maximum absolute atomic E-state index is 11.2. The fourth-order valence-corrected chi connectivity index (χ4v) is 1.80. The Morgan fingerprint density at radius 2 is 2.21 bits per heavy atom. The molecule has 0 bridgehead atoms. The van der Waals surface area contributed by atoms with E-state index in [1.54, 1.807) is 12.2 Å². The van der Waals surface area contributed by atoms with Gasteiger partial charge in [0.25, 0.3) is 0 Å². The van der Waals surface area contributed by atoms with Gasteiger partial charge in [0.05, 0.1) is 12.3 Å². The Morgan fingerprint density at radius 3 is 2.71 bits per heavy atom. The van der Waals surface area contributed by atoms with Crippen LogP contribution in [0.2, 0.25) is 0 Å². The van der Waals surface area contributed by atoms with Crippen molar-refractivity contribution < 1.29 is 8.42 Å². The van der Waals surface area contributed by atoms with Gasteiger partial charge in [0.1, 0.15) is 0 Å².